The average molecular weight is 301 g/mol. The van der Waals surface area contributed by atoms with E-state index in [9.17, 15) is 23.1 Å². The molecule has 1 N–H and O–H groups in total. The fourth-order valence-electron chi connectivity index (χ4n) is 2.28. The van der Waals surface area contributed by atoms with Gasteiger partial charge in [-0.05, 0) is 31.2 Å². The zero-order chi connectivity index (χ0) is 15.8. The summed E-state index contributed by atoms with van der Waals surface area (Å²) in [7, 11) is 1.13. The number of fused-ring (bicyclic) bond motifs is 1. The summed E-state index contributed by atoms with van der Waals surface area (Å²) in [5.74, 6) is -0.858. The molecule has 4 nitrogen and oxygen atoms in total. The maximum absolute atomic E-state index is 12.7. The highest BCUT2D eigenvalue weighted by Crippen LogP contribution is 2.33. The lowest BCUT2D eigenvalue weighted by Gasteiger charge is -2.12. The smallest absolute Gasteiger partial charge is 0.416 e. The van der Waals surface area contributed by atoms with E-state index in [0.29, 0.717) is 17.4 Å². The second-order valence-electron chi connectivity index (χ2n) is 4.51. The van der Waals surface area contributed by atoms with Crippen LogP contribution in [-0.4, -0.2) is 22.8 Å². The van der Waals surface area contributed by atoms with Crippen LogP contribution in [0.5, 0.6) is 0 Å². The number of aliphatic hydroxyl groups is 1. The van der Waals surface area contributed by atoms with Crippen molar-refractivity contribution >= 4 is 16.9 Å². The van der Waals surface area contributed by atoms with Crippen LogP contribution in [-0.2, 0) is 22.3 Å². The van der Waals surface area contributed by atoms with Crippen molar-refractivity contribution in [3.63, 3.8) is 0 Å². The first kappa shape index (κ1) is 15.4. The number of alkyl halides is 3. The number of carbonyl (C=O) groups excluding carboxylic acids is 1. The monoisotopic (exact) mass is 301 g/mol. The van der Waals surface area contributed by atoms with Crippen LogP contribution in [0.1, 0.15) is 24.3 Å². The van der Waals surface area contributed by atoms with Crippen LogP contribution < -0.4 is 0 Å². The molecule has 1 heterocycles. The van der Waals surface area contributed by atoms with Gasteiger partial charge in [0, 0.05) is 17.4 Å². The van der Waals surface area contributed by atoms with Gasteiger partial charge in [-0.3, -0.25) is 0 Å². The van der Waals surface area contributed by atoms with Crippen LogP contribution in [0.25, 0.3) is 10.9 Å². The summed E-state index contributed by atoms with van der Waals surface area (Å²) in [6.07, 6.45) is -5.97. The van der Waals surface area contributed by atoms with E-state index in [4.69, 9.17) is 0 Å². The number of carbonyl (C=O) groups is 1. The van der Waals surface area contributed by atoms with Gasteiger partial charge >= 0.3 is 12.1 Å². The number of hydrogen-bond donors (Lipinski definition) is 1. The molecular formula is C14H14F3NO3. The second kappa shape index (κ2) is 5.40. The van der Waals surface area contributed by atoms with Crippen molar-refractivity contribution in [2.45, 2.75) is 25.7 Å². The number of aryl methyl sites for hydroxylation is 1. The van der Waals surface area contributed by atoms with Gasteiger partial charge in [0.05, 0.1) is 18.4 Å². The molecular weight excluding hydrogens is 287 g/mol. The van der Waals surface area contributed by atoms with Crippen molar-refractivity contribution in [2.24, 2.45) is 0 Å². The van der Waals surface area contributed by atoms with Crippen LogP contribution in [0.3, 0.4) is 0 Å². The maximum Gasteiger partial charge on any atom is 0.416 e. The van der Waals surface area contributed by atoms with E-state index >= 15 is 0 Å². The first-order valence-electron chi connectivity index (χ1n) is 6.25. The molecule has 0 spiro atoms. The van der Waals surface area contributed by atoms with Gasteiger partial charge in [0.15, 0.2) is 6.10 Å². The summed E-state index contributed by atoms with van der Waals surface area (Å²) in [5, 5.41) is 10.2. The first-order chi connectivity index (χ1) is 9.79. The van der Waals surface area contributed by atoms with Gasteiger partial charge in [0.1, 0.15) is 0 Å². The largest absolute Gasteiger partial charge is 0.467 e. The van der Waals surface area contributed by atoms with E-state index in [1.54, 1.807) is 11.5 Å². The summed E-state index contributed by atoms with van der Waals surface area (Å²) in [6.45, 7) is 2.17. The molecule has 0 saturated carbocycles. The number of rotatable bonds is 3. The number of aromatic nitrogens is 1. The Balaban J connectivity index is 2.60. The molecule has 0 fully saturated rings. The summed E-state index contributed by atoms with van der Waals surface area (Å²) in [6, 6.07) is 4.67. The van der Waals surface area contributed by atoms with E-state index in [2.05, 4.69) is 4.74 Å². The average Bonchev–Trinajstić information content (AvgIpc) is 2.82. The molecule has 7 heteroatoms. The molecule has 1 unspecified atom stereocenters. The second-order valence-corrected chi connectivity index (χ2v) is 4.51. The molecule has 0 saturated heterocycles. The van der Waals surface area contributed by atoms with Gasteiger partial charge in [-0.2, -0.15) is 13.2 Å². The van der Waals surface area contributed by atoms with E-state index in [1.807, 2.05) is 0 Å². The Morgan fingerprint density at radius 3 is 2.57 bits per heavy atom. The van der Waals surface area contributed by atoms with Crippen LogP contribution >= 0.6 is 0 Å². The fourth-order valence-corrected chi connectivity index (χ4v) is 2.28. The fraction of sp³-hybridized carbons (Fsp3) is 0.357. The molecule has 1 atom stereocenters. The Morgan fingerprint density at radius 2 is 2.05 bits per heavy atom. The van der Waals surface area contributed by atoms with Crippen molar-refractivity contribution in [3.8, 4) is 0 Å². The number of methoxy groups -OCH3 is 1. The minimum absolute atomic E-state index is 0.207. The lowest BCUT2D eigenvalue weighted by molar-refractivity contribution is -0.151. The van der Waals surface area contributed by atoms with E-state index in [0.717, 1.165) is 19.2 Å². The Morgan fingerprint density at radius 1 is 1.38 bits per heavy atom. The molecule has 0 aliphatic carbocycles. The summed E-state index contributed by atoms with van der Waals surface area (Å²) < 4.78 is 44.2. The van der Waals surface area contributed by atoms with Gasteiger partial charge in [-0.25, -0.2) is 4.79 Å². The molecule has 0 radical (unpaired) electrons. The molecule has 0 aliphatic heterocycles. The first-order valence-corrected chi connectivity index (χ1v) is 6.25. The molecule has 0 bridgehead atoms. The van der Waals surface area contributed by atoms with Gasteiger partial charge in [0.25, 0.3) is 0 Å². The van der Waals surface area contributed by atoms with Crippen LogP contribution in [0.4, 0.5) is 13.2 Å². The normalized spacial score (nSPS) is 13.4. The number of hydrogen-bond acceptors (Lipinski definition) is 3. The molecule has 1 aromatic heterocycles. The van der Waals surface area contributed by atoms with Crippen LogP contribution in [0.15, 0.2) is 24.3 Å². The van der Waals surface area contributed by atoms with Crippen molar-refractivity contribution in [1.82, 2.24) is 4.57 Å². The van der Waals surface area contributed by atoms with Gasteiger partial charge < -0.3 is 14.4 Å². The minimum Gasteiger partial charge on any atom is -0.467 e. The third kappa shape index (κ3) is 2.73. The topological polar surface area (TPSA) is 51.5 Å². The molecule has 2 rings (SSSR count). The van der Waals surface area contributed by atoms with Crippen molar-refractivity contribution in [2.75, 3.05) is 7.11 Å². The van der Waals surface area contributed by atoms with Crippen LogP contribution in [0, 0.1) is 0 Å². The standard InChI is InChI=1S/C14H14F3NO3/c1-3-18-10-5-4-9(14(15,16)17)6-8(10)7-11(18)12(19)13(20)21-2/h4-7,12,19H,3H2,1-2H3. The molecule has 1 aromatic carbocycles. The lowest BCUT2D eigenvalue weighted by Crippen LogP contribution is -2.17. The van der Waals surface area contributed by atoms with Crippen molar-refractivity contribution < 1.29 is 27.8 Å². The number of halogens is 3. The minimum atomic E-state index is -4.44. The maximum atomic E-state index is 12.7. The number of esters is 1. The van der Waals surface area contributed by atoms with Crippen LogP contribution in [0.2, 0.25) is 0 Å². The van der Waals surface area contributed by atoms with E-state index < -0.39 is 23.8 Å². The summed E-state index contributed by atoms with van der Waals surface area (Å²) in [4.78, 5) is 11.4. The highest BCUT2D eigenvalue weighted by Gasteiger charge is 2.31. The zero-order valence-corrected chi connectivity index (χ0v) is 11.4. The SMILES string of the molecule is CCn1c(C(O)C(=O)OC)cc2cc(C(F)(F)F)ccc21. The van der Waals surface area contributed by atoms with Gasteiger partial charge in [-0.15, -0.1) is 0 Å². The zero-order valence-electron chi connectivity index (χ0n) is 11.4. The molecule has 21 heavy (non-hydrogen) atoms. The Hall–Kier alpha value is -2.02. The summed E-state index contributed by atoms with van der Waals surface area (Å²) >= 11 is 0. The highest BCUT2D eigenvalue weighted by molar-refractivity contribution is 5.85. The number of ether oxygens (including phenoxy) is 1. The molecule has 2 aromatic rings. The quantitative estimate of drug-likeness (QED) is 0.887. The van der Waals surface area contributed by atoms with Gasteiger partial charge in [-0.1, -0.05) is 0 Å². The number of aliphatic hydroxyl groups excluding tert-OH is 1. The number of benzene rings is 1. The third-order valence-electron chi connectivity index (χ3n) is 3.28. The Labute approximate surface area is 118 Å². The predicted octanol–water partition coefficient (Wildman–Crippen LogP) is 2.89. The summed E-state index contributed by atoms with van der Waals surface area (Å²) in [5.41, 5.74) is -0.0514. The lowest BCUT2D eigenvalue weighted by atomic mass is 10.1. The van der Waals surface area contributed by atoms with E-state index in [-0.39, 0.29) is 5.69 Å². The number of nitrogens with zero attached hydrogens (tertiary/aromatic N) is 1. The predicted molar refractivity (Wildman–Crippen MR) is 69.6 cm³/mol. The third-order valence-corrected chi connectivity index (χ3v) is 3.28. The van der Waals surface area contributed by atoms with Crippen molar-refractivity contribution in [1.29, 1.82) is 0 Å². The van der Waals surface area contributed by atoms with Gasteiger partial charge in [0.2, 0.25) is 0 Å². The molecule has 0 amide bonds. The molecule has 0 aliphatic rings. The Kier molecular flexibility index (Phi) is 3.95. The Bertz CT molecular complexity index is 676. The molecule has 114 valence electrons. The van der Waals surface area contributed by atoms with Crippen molar-refractivity contribution in [3.05, 3.63) is 35.5 Å². The highest BCUT2D eigenvalue weighted by atomic mass is 19.4. The van der Waals surface area contributed by atoms with E-state index in [1.165, 1.54) is 12.1 Å².